The Morgan fingerprint density at radius 1 is 1.21 bits per heavy atom. The molecule has 1 N–H and O–H groups in total. The minimum Gasteiger partial charge on any atom is -0.309 e. The summed E-state index contributed by atoms with van der Waals surface area (Å²) in [5, 5.41) is 3.73. The van der Waals surface area contributed by atoms with Gasteiger partial charge in [0.2, 0.25) is 0 Å². The van der Waals surface area contributed by atoms with Crippen molar-refractivity contribution in [2.24, 2.45) is 0 Å². The van der Waals surface area contributed by atoms with Crippen LogP contribution in [0, 0.1) is 0 Å². The summed E-state index contributed by atoms with van der Waals surface area (Å²) in [6, 6.07) is 10.9. The first-order chi connectivity index (χ1) is 9.19. The van der Waals surface area contributed by atoms with Crippen LogP contribution in [0.25, 0.3) is 0 Å². The standard InChI is InChI=1S/C17H28N2/c1-4-17(5-2)14-19(12-11-18-17)13-15(3)16-9-7-6-8-10-16/h6-10,15,18H,4-5,11-14H2,1-3H3. The maximum absolute atomic E-state index is 3.73. The lowest BCUT2D eigenvalue weighted by Crippen LogP contribution is -2.60. The zero-order valence-electron chi connectivity index (χ0n) is 12.7. The van der Waals surface area contributed by atoms with Gasteiger partial charge in [0, 0.05) is 31.7 Å². The normalized spacial score (nSPS) is 21.2. The van der Waals surface area contributed by atoms with Crippen molar-refractivity contribution in [2.45, 2.75) is 45.1 Å². The van der Waals surface area contributed by atoms with Gasteiger partial charge in [0.1, 0.15) is 0 Å². The second-order valence-corrected chi connectivity index (χ2v) is 5.96. The van der Waals surface area contributed by atoms with Crippen molar-refractivity contribution >= 4 is 0 Å². The Balaban J connectivity index is 1.96. The molecule has 0 aromatic heterocycles. The average Bonchev–Trinajstić information content (AvgIpc) is 2.48. The third-order valence-corrected chi connectivity index (χ3v) is 4.71. The highest BCUT2D eigenvalue weighted by atomic mass is 15.2. The molecule has 1 fully saturated rings. The molecule has 1 aromatic carbocycles. The van der Waals surface area contributed by atoms with Crippen LogP contribution in [0.4, 0.5) is 0 Å². The Morgan fingerprint density at radius 3 is 2.53 bits per heavy atom. The van der Waals surface area contributed by atoms with Crippen LogP contribution < -0.4 is 5.32 Å². The number of benzene rings is 1. The summed E-state index contributed by atoms with van der Waals surface area (Å²) in [6.45, 7) is 11.6. The predicted octanol–water partition coefficient (Wildman–Crippen LogP) is 3.25. The fraction of sp³-hybridized carbons (Fsp3) is 0.647. The zero-order valence-corrected chi connectivity index (χ0v) is 12.7. The van der Waals surface area contributed by atoms with E-state index in [0.29, 0.717) is 11.5 Å². The van der Waals surface area contributed by atoms with Crippen LogP contribution in [-0.2, 0) is 0 Å². The smallest absolute Gasteiger partial charge is 0.0304 e. The highest BCUT2D eigenvalue weighted by molar-refractivity contribution is 5.19. The Bertz CT molecular complexity index is 370. The monoisotopic (exact) mass is 260 g/mol. The summed E-state index contributed by atoms with van der Waals surface area (Å²) in [6.07, 6.45) is 2.44. The average molecular weight is 260 g/mol. The van der Waals surface area contributed by atoms with Gasteiger partial charge in [-0.15, -0.1) is 0 Å². The second-order valence-electron chi connectivity index (χ2n) is 5.96. The summed E-state index contributed by atoms with van der Waals surface area (Å²) in [5.41, 5.74) is 1.80. The van der Waals surface area contributed by atoms with Gasteiger partial charge in [-0.2, -0.15) is 0 Å². The maximum Gasteiger partial charge on any atom is 0.0304 e. The Labute approximate surface area is 118 Å². The molecule has 2 rings (SSSR count). The molecule has 0 radical (unpaired) electrons. The number of piperazine rings is 1. The van der Waals surface area contributed by atoms with Crippen molar-refractivity contribution in [3.05, 3.63) is 35.9 Å². The van der Waals surface area contributed by atoms with E-state index in [4.69, 9.17) is 0 Å². The minimum absolute atomic E-state index is 0.342. The van der Waals surface area contributed by atoms with E-state index < -0.39 is 0 Å². The van der Waals surface area contributed by atoms with Crippen LogP contribution in [0.2, 0.25) is 0 Å². The fourth-order valence-corrected chi connectivity index (χ4v) is 3.20. The van der Waals surface area contributed by atoms with Crippen LogP contribution in [-0.4, -0.2) is 36.6 Å². The number of nitrogens with zero attached hydrogens (tertiary/aromatic N) is 1. The van der Waals surface area contributed by atoms with Crippen molar-refractivity contribution in [1.82, 2.24) is 10.2 Å². The lowest BCUT2D eigenvalue weighted by atomic mass is 9.89. The molecule has 19 heavy (non-hydrogen) atoms. The molecular formula is C17H28N2. The largest absolute Gasteiger partial charge is 0.309 e. The number of rotatable bonds is 5. The van der Waals surface area contributed by atoms with E-state index in [-0.39, 0.29) is 0 Å². The molecule has 2 nitrogen and oxygen atoms in total. The van der Waals surface area contributed by atoms with Gasteiger partial charge in [-0.1, -0.05) is 51.1 Å². The van der Waals surface area contributed by atoms with E-state index in [1.807, 2.05) is 0 Å². The van der Waals surface area contributed by atoms with E-state index >= 15 is 0 Å². The molecular weight excluding hydrogens is 232 g/mol. The van der Waals surface area contributed by atoms with E-state index in [1.54, 1.807) is 0 Å². The Kier molecular flexibility index (Phi) is 5.00. The molecule has 2 heteroatoms. The molecule has 1 unspecified atom stereocenters. The van der Waals surface area contributed by atoms with Crippen LogP contribution in [0.5, 0.6) is 0 Å². The first kappa shape index (κ1) is 14.5. The van der Waals surface area contributed by atoms with Crippen LogP contribution in [0.1, 0.15) is 45.1 Å². The van der Waals surface area contributed by atoms with Gasteiger partial charge < -0.3 is 5.32 Å². The van der Waals surface area contributed by atoms with Gasteiger partial charge in [-0.25, -0.2) is 0 Å². The van der Waals surface area contributed by atoms with Crippen molar-refractivity contribution in [2.75, 3.05) is 26.2 Å². The van der Waals surface area contributed by atoms with Crippen LogP contribution in [0.15, 0.2) is 30.3 Å². The summed E-state index contributed by atoms with van der Waals surface area (Å²) < 4.78 is 0. The van der Waals surface area contributed by atoms with Crippen LogP contribution >= 0.6 is 0 Å². The van der Waals surface area contributed by atoms with E-state index in [9.17, 15) is 0 Å². The molecule has 0 amide bonds. The maximum atomic E-state index is 3.73. The molecule has 1 aliphatic heterocycles. The molecule has 0 aliphatic carbocycles. The lowest BCUT2D eigenvalue weighted by Gasteiger charge is -2.44. The van der Waals surface area contributed by atoms with Crippen molar-refractivity contribution in [3.8, 4) is 0 Å². The van der Waals surface area contributed by atoms with Crippen molar-refractivity contribution in [1.29, 1.82) is 0 Å². The van der Waals surface area contributed by atoms with Gasteiger partial charge >= 0.3 is 0 Å². The van der Waals surface area contributed by atoms with Gasteiger partial charge in [-0.3, -0.25) is 4.90 Å². The highest BCUT2D eigenvalue weighted by Crippen LogP contribution is 2.23. The SMILES string of the molecule is CCC1(CC)CN(CC(C)c2ccccc2)CCN1. The predicted molar refractivity (Wildman–Crippen MR) is 82.6 cm³/mol. The number of nitrogens with one attached hydrogen (secondary N) is 1. The molecule has 1 aliphatic rings. The molecule has 0 bridgehead atoms. The molecule has 0 spiro atoms. The Hall–Kier alpha value is -0.860. The summed E-state index contributed by atoms with van der Waals surface area (Å²) in [5.74, 6) is 0.616. The van der Waals surface area contributed by atoms with Gasteiger partial charge in [0.05, 0.1) is 0 Å². The number of hydrogen-bond donors (Lipinski definition) is 1. The number of hydrogen-bond acceptors (Lipinski definition) is 2. The summed E-state index contributed by atoms with van der Waals surface area (Å²) >= 11 is 0. The van der Waals surface area contributed by atoms with E-state index in [2.05, 4.69) is 61.3 Å². The molecule has 106 valence electrons. The zero-order chi connectivity index (χ0) is 13.7. The first-order valence-electron chi connectivity index (χ1n) is 7.71. The second kappa shape index (κ2) is 6.53. The molecule has 0 saturated carbocycles. The fourth-order valence-electron chi connectivity index (χ4n) is 3.20. The van der Waals surface area contributed by atoms with Crippen molar-refractivity contribution in [3.63, 3.8) is 0 Å². The quantitative estimate of drug-likeness (QED) is 0.874. The minimum atomic E-state index is 0.342. The molecule has 1 heterocycles. The van der Waals surface area contributed by atoms with Gasteiger partial charge in [-0.05, 0) is 24.3 Å². The van der Waals surface area contributed by atoms with Gasteiger partial charge in [0.15, 0.2) is 0 Å². The Morgan fingerprint density at radius 2 is 1.89 bits per heavy atom. The molecule has 1 aromatic rings. The summed E-state index contributed by atoms with van der Waals surface area (Å²) in [4.78, 5) is 2.64. The third kappa shape index (κ3) is 3.58. The molecule has 1 atom stereocenters. The van der Waals surface area contributed by atoms with Gasteiger partial charge in [0.25, 0.3) is 0 Å². The highest BCUT2D eigenvalue weighted by Gasteiger charge is 2.32. The third-order valence-electron chi connectivity index (χ3n) is 4.71. The van der Waals surface area contributed by atoms with E-state index in [1.165, 1.54) is 38.0 Å². The van der Waals surface area contributed by atoms with Crippen molar-refractivity contribution < 1.29 is 0 Å². The molecule has 1 saturated heterocycles. The topological polar surface area (TPSA) is 15.3 Å². The van der Waals surface area contributed by atoms with Crippen LogP contribution in [0.3, 0.4) is 0 Å². The summed E-state index contributed by atoms with van der Waals surface area (Å²) in [7, 11) is 0. The lowest BCUT2D eigenvalue weighted by molar-refractivity contribution is 0.119. The van der Waals surface area contributed by atoms with E-state index in [0.717, 1.165) is 6.54 Å². The first-order valence-corrected chi connectivity index (χ1v) is 7.71.